The van der Waals surface area contributed by atoms with Gasteiger partial charge in [-0.05, 0) is 41.1 Å². The molecule has 2 N–H and O–H groups in total. The van der Waals surface area contributed by atoms with Crippen molar-refractivity contribution in [3.63, 3.8) is 0 Å². The van der Waals surface area contributed by atoms with Crippen molar-refractivity contribution in [2.75, 3.05) is 20.2 Å². The molecule has 0 aliphatic heterocycles. The number of hydrogen-bond acceptors (Lipinski definition) is 4. The molecule has 0 aromatic heterocycles. The minimum absolute atomic E-state index is 0.0882. The molecular formula is C20H20N2O4S. The third-order valence-electron chi connectivity index (χ3n) is 4.11. The molecule has 0 radical (unpaired) electrons. The van der Waals surface area contributed by atoms with E-state index in [-0.39, 0.29) is 23.9 Å². The third-order valence-corrected chi connectivity index (χ3v) is 5.58. The van der Waals surface area contributed by atoms with Crippen LogP contribution >= 0.6 is 0 Å². The quantitative estimate of drug-likeness (QED) is 0.613. The van der Waals surface area contributed by atoms with Crippen molar-refractivity contribution < 1.29 is 17.9 Å². The monoisotopic (exact) mass is 384 g/mol. The van der Waals surface area contributed by atoms with E-state index in [4.69, 9.17) is 4.74 Å². The highest BCUT2D eigenvalue weighted by atomic mass is 32.2. The van der Waals surface area contributed by atoms with Gasteiger partial charge in [-0.15, -0.1) is 0 Å². The van der Waals surface area contributed by atoms with Crippen molar-refractivity contribution in [1.29, 1.82) is 0 Å². The zero-order valence-corrected chi connectivity index (χ0v) is 15.6. The van der Waals surface area contributed by atoms with Crippen LogP contribution in [0, 0.1) is 0 Å². The van der Waals surface area contributed by atoms with Crippen LogP contribution in [0.2, 0.25) is 0 Å². The van der Waals surface area contributed by atoms with E-state index in [1.165, 1.54) is 19.2 Å². The Hall–Kier alpha value is -2.90. The Morgan fingerprint density at radius 2 is 1.63 bits per heavy atom. The summed E-state index contributed by atoms with van der Waals surface area (Å²) in [7, 11) is -2.13. The van der Waals surface area contributed by atoms with Crippen molar-refractivity contribution >= 4 is 26.7 Å². The summed E-state index contributed by atoms with van der Waals surface area (Å²) >= 11 is 0. The molecule has 1 amide bonds. The largest absolute Gasteiger partial charge is 0.497 e. The van der Waals surface area contributed by atoms with Gasteiger partial charge >= 0.3 is 0 Å². The maximum atomic E-state index is 12.4. The second-order valence-electron chi connectivity index (χ2n) is 5.86. The highest BCUT2D eigenvalue weighted by Gasteiger charge is 2.14. The predicted molar refractivity (Wildman–Crippen MR) is 104 cm³/mol. The lowest BCUT2D eigenvalue weighted by Crippen LogP contribution is -2.34. The molecule has 0 heterocycles. The van der Waals surface area contributed by atoms with Crippen LogP contribution in [-0.4, -0.2) is 34.5 Å². The molecule has 0 atom stereocenters. The molecule has 0 aliphatic rings. The standard InChI is InChI=1S/C20H20N2O4S/c1-26-16-9-11-17(12-10-16)27(24,25)22-14-13-21-20(23)19-8-4-6-15-5-2-3-7-18(15)19/h2-12,22H,13-14H2,1H3,(H,21,23). The van der Waals surface area contributed by atoms with Gasteiger partial charge in [-0.2, -0.15) is 0 Å². The molecule has 0 fully saturated rings. The molecule has 0 saturated carbocycles. The summed E-state index contributed by atoms with van der Waals surface area (Å²) in [4.78, 5) is 12.6. The zero-order chi connectivity index (χ0) is 19.3. The molecule has 3 aromatic carbocycles. The van der Waals surface area contributed by atoms with E-state index in [2.05, 4.69) is 10.0 Å². The highest BCUT2D eigenvalue weighted by molar-refractivity contribution is 7.89. The van der Waals surface area contributed by atoms with Crippen molar-refractivity contribution in [1.82, 2.24) is 10.0 Å². The van der Waals surface area contributed by atoms with Gasteiger partial charge in [0.1, 0.15) is 5.75 Å². The molecule has 0 aliphatic carbocycles. The number of methoxy groups -OCH3 is 1. The van der Waals surface area contributed by atoms with Gasteiger partial charge in [0.2, 0.25) is 10.0 Å². The number of fused-ring (bicyclic) bond motifs is 1. The number of carbonyl (C=O) groups is 1. The van der Waals surface area contributed by atoms with Gasteiger partial charge in [0.25, 0.3) is 5.91 Å². The average Bonchev–Trinajstić information content (AvgIpc) is 2.70. The van der Waals surface area contributed by atoms with E-state index < -0.39 is 10.0 Å². The molecular weight excluding hydrogens is 364 g/mol. The van der Waals surface area contributed by atoms with Crippen LogP contribution in [-0.2, 0) is 10.0 Å². The van der Waals surface area contributed by atoms with Gasteiger partial charge in [-0.3, -0.25) is 4.79 Å². The number of nitrogens with one attached hydrogen (secondary N) is 2. The fraction of sp³-hybridized carbons (Fsp3) is 0.150. The van der Waals surface area contributed by atoms with Gasteiger partial charge in [0.15, 0.2) is 0 Å². The fourth-order valence-electron chi connectivity index (χ4n) is 2.72. The maximum Gasteiger partial charge on any atom is 0.251 e. The van der Waals surface area contributed by atoms with Crippen LogP contribution in [0.25, 0.3) is 10.8 Å². The third kappa shape index (κ3) is 4.45. The molecule has 6 nitrogen and oxygen atoms in total. The number of amides is 1. The van der Waals surface area contributed by atoms with E-state index in [0.29, 0.717) is 11.3 Å². The lowest BCUT2D eigenvalue weighted by molar-refractivity contribution is 0.0956. The number of benzene rings is 3. The number of sulfonamides is 1. The van der Waals surface area contributed by atoms with E-state index in [1.807, 2.05) is 36.4 Å². The first kappa shape index (κ1) is 18.9. The second-order valence-corrected chi connectivity index (χ2v) is 7.62. The summed E-state index contributed by atoms with van der Waals surface area (Å²) in [5.74, 6) is 0.340. The highest BCUT2D eigenvalue weighted by Crippen LogP contribution is 2.18. The summed E-state index contributed by atoms with van der Waals surface area (Å²) in [6.45, 7) is 0.266. The average molecular weight is 384 g/mol. The Labute approximate surface area is 158 Å². The lowest BCUT2D eigenvalue weighted by Gasteiger charge is -2.10. The van der Waals surface area contributed by atoms with E-state index >= 15 is 0 Å². The van der Waals surface area contributed by atoms with Crippen LogP contribution in [0.4, 0.5) is 0 Å². The number of carbonyl (C=O) groups excluding carboxylic acids is 1. The van der Waals surface area contributed by atoms with E-state index in [0.717, 1.165) is 10.8 Å². The SMILES string of the molecule is COc1ccc(S(=O)(=O)NCCNC(=O)c2cccc3ccccc23)cc1. The normalized spacial score (nSPS) is 11.3. The summed E-state index contributed by atoms with van der Waals surface area (Å²) in [5, 5.41) is 4.58. The molecule has 27 heavy (non-hydrogen) atoms. The number of ether oxygens (including phenoxy) is 1. The molecule has 3 aromatic rings. The van der Waals surface area contributed by atoms with Gasteiger partial charge in [0.05, 0.1) is 12.0 Å². The molecule has 0 unspecified atom stereocenters. The van der Waals surface area contributed by atoms with Crippen molar-refractivity contribution in [3.05, 3.63) is 72.3 Å². The smallest absolute Gasteiger partial charge is 0.251 e. The molecule has 0 saturated heterocycles. The van der Waals surface area contributed by atoms with Gasteiger partial charge in [-0.25, -0.2) is 13.1 Å². The summed E-state index contributed by atoms with van der Waals surface area (Å²) in [6.07, 6.45) is 0. The predicted octanol–water partition coefficient (Wildman–Crippen LogP) is 2.56. The summed E-state index contributed by atoms with van der Waals surface area (Å²) in [6, 6.07) is 19.2. The fourth-order valence-corrected chi connectivity index (χ4v) is 3.75. The van der Waals surface area contributed by atoms with Crippen molar-refractivity contribution in [2.24, 2.45) is 0 Å². The van der Waals surface area contributed by atoms with Crippen LogP contribution < -0.4 is 14.8 Å². The maximum absolute atomic E-state index is 12.4. The Morgan fingerprint density at radius 1 is 0.926 bits per heavy atom. The topological polar surface area (TPSA) is 84.5 Å². The summed E-state index contributed by atoms with van der Waals surface area (Å²) in [5.41, 5.74) is 0.561. The first-order chi connectivity index (χ1) is 13.0. The van der Waals surface area contributed by atoms with Crippen LogP contribution in [0.1, 0.15) is 10.4 Å². The molecule has 0 bridgehead atoms. The molecule has 7 heteroatoms. The Balaban J connectivity index is 1.58. The van der Waals surface area contributed by atoms with Gasteiger partial charge in [-0.1, -0.05) is 36.4 Å². The van der Waals surface area contributed by atoms with Crippen molar-refractivity contribution in [2.45, 2.75) is 4.90 Å². The first-order valence-corrected chi connectivity index (χ1v) is 9.89. The van der Waals surface area contributed by atoms with Crippen LogP contribution in [0.5, 0.6) is 5.75 Å². The van der Waals surface area contributed by atoms with Crippen molar-refractivity contribution in [3.8, 4) is 5.75 Å². The van der Waals surface area contributed by atoms with Crippen LogP contribution in [0.3, 0.4) is 0 Å². The van der Waals surface area contributed by atoms with Crippen LogP contribution in [0.15, 0.2) is 71.6 Å². The minimum atomic E-state index is -3.64. The lowest BCUT2D eigenvalue weighted by atomic mass is 10.0. The Bertz CT molecular complexity index is 1040. The minimum Gasteiger partial charge on any atom is -0.497 e. The van der Waals surface area contributed by atoms with Gasteiger partial charge < -0.3 is 10.1 Å². The van der Waals surface area contributed by atoms with E-state index in [1.54, 1.807) is 18.2 Å². The number of rotatable bonds is 7. The molecule has 3 rings (SSSR count). The Morgan fingerprint density at radius 3 is 2.37 bits per heavy atom. The Kier molecular flexibility index (Phi) is 5.73. The van der Waals surface area contributed by atoms with E-state index in [9.17, 15) is 13.2 Å². The van der Waals surface area contributed by atoms with Gasteiger partial charge in [0, 0.05) is 18.7 Å². The zero-order valence-electron chi connectivity index (χ0n) is 14.8. The first-order valence-electron chi connectivity index (χ1n) is 8.41. The second kappa shape index (κ2) is 8.20. The summed E-state index contributed by atoms with van der Waals surface area (Å²) < 4.78 is 32.0. The number of hydrogen-bond donors (Lipinski definition) is 2. The molecule has 0 spiro atoms. The molecule has 140 valence electrons.